The van der Waals surface area contributed by atoms with Crippen molar-refractivity contribution in [2.24, 2.45) is 0 Å². The lowest BCUT2D eigenvalue weighted by atomic mass is 10.2. The van der Waals surface area contributed by atoms with E-state index in [9.17, 15) is 4.79 Å². The number of hydrogen-bond acceptors (Lipinski definition) is 3. The number of nitrogens with one attached hydrogen (secondary N) is 1. The molecule has 1 atom stereocenters. The van der Waals surface area contributed by atoms with Gasteiger partial charge in [0, 0.05) is 10.0 Å². The second-order valence-corrected chi connectivity index (χ2v) is 8.02. The number of imidazole rings is 1. The van der Waals surface area contributed by atoms with Crippen LogP contribution in [0.25, 0.3) is 11.0 Å². The summed E-state index contributed by atoms with van der Waals surface area (Å²) < 4.78 is 7.61. The standard InChI is InChI=1S/C24H21Cl2N3O2/c1-16(27-23(30)15-31-19-7-3-2-4-8-19)24-28-21-9-5-6-10-22(21)29(24)14-17-11-12-18(25)13-20(17)26/h2-13,16H,14-15H2,1H3,(H,27,30). The van der Waals surface area contributed by atoms with Crippen molar-refractivity contribution in [3.63, 3.8) is 0 Å². The summed E-state index contributed by atoms with van der Waals surface area (Å²) in [6, 6.07) is 22.2. The lowest BCUT2D eigenvalue weighted by Crippen LogP contribution is -2.32. The highest BCUT2D eigenvalue weighted by Gasteiger charge is 2.19. The lowest BCUT2D eigenvalue weighted by molar-refractivity contribution is -0.123. The second kappa shape index (κ2) is 9.41. The topological polar surface area (TPSA) is 56.1 Å². The highest BCUT2D eigenvalue weighted by Crippen LogP contribution is 2.26. The number of para-hydroxylation sites is 3. The van der Waals surface area contributed by atoms with Crippen LogP contribution in [0.3, 0.4) is 0 Å². The van der Waals surface area contributed by atoms with Crippen LogP contribution in [0.4, 0.5) is 0 Å². The van der Waals surface area contributed by atoms with Crippen molar-refractivity contribution in [2.45, 2.75) is 19.5 Å². The Balaban J connectivity index is 1.56. The molecule has 7 heteroatoms. The molecule has 158 valence electrons. The van der Waals surface area contributed by atoms with Crippen LogP contribution in [0.5, 0.6) is 5.75 Å². The molecule has 4 aromatic rings. The Hall–Kier alpha value is -3.02. The summed E-state index contributed by atoms with van der Waals surface area (Å²) in [5.41, 5.74) is 2.73. The van der Waals surface area contributed by atoms with Gasteiger partial charge < -0.3 is 14.6 Å². The highest BCUT2D eigenvalue weighted by atomic mass is 35.5. The van der Waals surface area contributed by atoms with E-state index >= 15 is 0 Å². The molecule has 0 radical (unpaired) electrons. The van der Waals surface area contributed by atoms with E-state index in [4.69, 9.17) is 32.9 Å². The zero-order chi connectivity index (χ0) is 21.8. The van der Waals surface area contributed by atoms with Crippen LogP contribution in [0, 0.1) is 0 Å². The fourth-order valence-corrected chi connectivity index (χ4v) is 3.89. The maximum absolute atomic E-state index is 12.5. The SMILES string of the molecule is CC(NC(=O)COc1ccccc1)c1nc2ccccc2n1Cc1ccc(Cl)cc1Cl. The average molecular weight is 454 g/mol. The molecule has 1 unspecified atom stereocenters. The number of hydrogen-bond donors (Lipinski definition) is 1. The van der Waals surface area contributed by atoms with E-state index in [1.807, 2.05) is 73.7 Å². The fraction of sp³-hybridized carbons (Fsp3) is 0.167. The van der Waals surface area contributed by atoms with Crippen molar-refractivity contribution in [2.75, 3.05) is 6.61 Å². The molecule has 0 aliphatic carbocycles. The molecule has 0 bridgehead atoms. The third kappa shape index (κ3) is 5.01. The number of fused-ring (bicyclic) bond motifs is 1. The number of aromatic nitrogens is 2. The first kappa shape index (κ1) is 21.2. The summed E-state index contributed by atoms with van der Waals surface area (Å²) in [6.07, 6.45) is 0. The van der Waals surface area contributed by atoms with Crippen LogP contribution in [0.1, 0.15) is 24.4 Å². The molecule has 0 spiro atoms. The van der Waals surface area contributed by atoms with Crippen LogP contribution in [-0.4, -0.2) is 22.1 Å². The van der Waals surface area contributed by atoms with E-state index in [0.29, 0.717) is 22.3 Å². The van der Waals surface area contributed by atoms with Gasteiger partial charge in [0.15, 0.2) is 6.61 Å². The van der Waals surface area contributed by atoms with Crippen LogP contribution in [0.2, 0.25) is 10.0 Å². The minimum Gasteiger partial charge on any atom is -0.484 e. The highest BCUT2D eigenvalue weighted by molar-refractivity contribution is 6.35. The van der Waals surface area contributed by atoms with E-state index in [-0.39, 0.29) is 18.6 Å². The van der Waals surface area contributed by atoms with Crippen molar-refractivity contribution in [1.29, 1.82) is 0 Å². The van der Waals surface area contributed by atoms with Crippen LogP contribution < -0.4 is 10.1 Å². The summed E-state index contributed by atoms with van der Waals surface area (Å²) in [4.78, 5) is 17.2. The predicted octanol–water partition coefficient (Wildman–Crippen LogP) is 5.65. The predicted molar refractivity (Wildman–Crippen MR) is 124 cm³/mol. The van der Waals surface area contributed by atoms with Crippen molar-refractivity contribution in [3.8, 4) is 5.75 Å². The van der Waals surface area contributed by atoms with Gasteiger partial charge in [0.25, 0.3) is 5.91 Å². The number of amides is 1. The Morgan fingerprint density at radius 1 is 1.06 bits per heavy atom. The number of rotatable bonds is 7. The molecular weight excluding hydrogens is 433 g/mol. The van der Waals surface area contributed by atoms with Crippen molar-refractivity contribution in [1.82, 2.24) is 14.9 Å². The first-order valence-electron chi connectivity index (χ1n) is 9.87. The molecule has 31 heavy (non-hydrogen) atoms. The van der Waals surface area contributed by atoms with Gasteiger partial charge in [-0.25, -0.2) is 4.98 Å². The smallest absolute Gasteiger partial charge is 0.258 e. The normalized spacial score (nSPS) is 12.0. The Bertz CT molecular complexity index is 1210. The Morgan fingerprint density at radius 2 is 1.81 bits per heavy atom. The van der Waals surface area contributed by atoms with Gasteiger partial charge in [-0.1, -0.05) is 59.6 Å². The van der Waals surface area contributed by atoms with Gasteiger partial charge in [0.1, 0.15) is 11.6 Å². The Kier molecular flexibility index (Phi) is 6.44. The number of halogens is 2. The molecule has 5 nitrogen and oxygen atoms in total. The first-order chi connectivity index (χ1) is 15.0. The van der Waals surface area contributed by atoms with Crippen LogP contribution in [-0.2, 0) is 11.3 Å². The lowest BCUT2D eigenvalue weighted by Gasteiger charge is -2.17. The molecule has 0 saturated heterocycles. The molecule has 1 amide bonds. The van der Waals surface area contributed by atoms with Crippen molar-refractivity contribution >= 4 is 40.1 Å². The minimum absolute atomic E-state index is 0.0718. The molecule has 4 rings (SSSR count). The summed E-state index contributed by atoms with van der Waals surface area (Å²) >= 11 is 12.5. The molecule has 0 aliphatic rings. The molecule has 1 heterocycles. The fourth-order valence-electron chi connectivity index (χ4n) is 3.42. The van der Waals surface area contributed by atoms with Gasteiger partial charge in [-0.3, -0.25) is 4.79 Å². The van der Waals surface area contributed by atoms with E-state index < -0.39 is 0 Å². The van der Waals surface area contributed by atoms with Crippen LogP contribution >= 0.6 is 23.2 Å². The monoisotopic (exact) mass is 453 g/mol. The first-order valence-corrected chi connectivity index (χ1v) is 10.6. The Labute approximate surface area is 190 Å². The van der Waals surface area contributed by atoms with Crippen molar-refractivity contribution in [3.05, 3.63) is 94.2 Å². The van der Waals surface area contributed by atoms with Gasteiger partial charge in [0.05, 0.1) is 23.6 Å². The van der Waals surface area contributed by atoms with E-state index in [2.05, 4.69) is 9.88 Å². The van der Waals surface area contributed by atoms with Gasteiger partial charge in [-0.2, -0.15) is 0 Å². The zero-order valence-corrected chi connectivity index (χ0v) is 18.4. The summed E-state index contributed by atoms with van der Waals surface area (Å²) in [5, 5.41) is 4.15. The number of ether oxygens (including phenoxy) is 1. The molecule has 0 fully saturated rings. The largest absolute Gasteiger partial charge is 0.484 e. The van der Waals surface area contributed by atoms with Gasteiger partial charge in [0.2, 0.25) is 0 Å². The summed E-state index contributed by atoms with van der Waals surface area (Å²) in [7, 11) is 0. The number of benzene rings is 3. The van der Waals surface area contributed by atoms with Crippen LogP contribution in [0.15, 0.2) is 72.8 Å². The zero-order valence-electron chi connectivity index (χ0n) is 16.9. The molecule has 0 saturated carbocycles. The van der Waals surface area contributed by atoms with Gasteiger partial charge in [-0.15, -0.1) is 0 Å². The number of carbonyl (C=O) groups is 1. The quantitative estimate of drug-likeness (QED) is 0.393. The van der Waals surface area contributed by atoms with E-state index in [1.54, 1.807) is 6.07 Å². The molecule has 0 aliphatic heterocycles. The van der Waals surface area contributed by atoms with E-state index in [1.165, 1.54) is 0 Å². The third-order valence-electron chi connectivity index (χ3n) is 4.91. The van der Waals surface area contributed by atoms with E-state index in [0.717, 1.165) is 22.4 Å². The van der Waals surface area contributed by atoms with Crippen molar-refractivity contribution < 1.29 is 9.53 Å². The van der Waals surface area contributed by atoms with Gasteiger partial charge >= 0.3 is 0 Å². The average Bonchev–Trinajstić information content (AvgIpc) is 3.13. The minimum atomic E-state index is -0.328. The third-order valence-corrected chi connectivity index (χ3v) is 5.49. The second-order valence-electron chi connectivity index (χ2n) is 7.17. The molecular formula is C24H21Cl2N3O2. The Morgan fingerprint density at radius 3 is 2.58 bits per heavy atom. The molecule has 3 aromatic carbocycles. The maximum Gasteiger partial charge on any atom is 0.258 e. The number of carbonyl (C=O) groups excluding carboxylic acids is 1. The maximum atomic E-state index is 12.5. The summed E-state index contributed by atoms with van der Waals surface area (Å²) in [6.45, 7) is 2.34. The van der Waals surface area contributed by atoms with Gasteiger partial charge in [-0.05, 0) is 48.9 Å². The molecule has 1 N–H and O–H groups in total. The number of nitrogens with zero attached hydrogens (tertiary/aromatic N) is 2. The molecule has 1 aromatic heterocycles. The summed E-state index contributed by atoms with van der Waals surface area (Å²) in [5.74, 6) is 1.16.